The fourth-order valence-electron chi connectivity index (χ4n) is 1.03. The first-order valence-corrected chi connectivity index (χ1v) is 4.75. The van der Waals surface area contributed by atoms with Crippen LogP contribution in [-0.4, -0.2) is 27.6 Å². The first-order chi connectivity index (χ1) is 7.24. The third-order valence-electron chi connectivity index (χ3n) is 1.94. The van der Waals surface area contributed by atoms with Crippen molar-refractivity contribution in [2.75, 3.05) is 6.54 Å². The summed E-state index contributed by atoms with van der Waals surface area (Å²) >= 11 is 0. The molecule has 1 aromatic heterocycles. The zero-order chi connectivity index (χ0) is 11.1. The first-order valence-electron chi connectivity index (χ1n) is 4.75. The van der Waals surface area contributed by atoms with Gasteiger partial charge in [-0.05, 0) is 13.3 Å². The molecule has 0 bridgehead atoms. The number of nitrogens with one attached hydrogen (secondary N) is 2. The Morgan fingerprint density at radius 2 is 2.60 bits per heavy atom. The smallest absolute Gasteiger partial charge is 0.237 e. The second-order valence-corrected chi connectivity index (χ2v) is 3.18. The van der Waals surface area contributed by atoms with E-state index in [0.717, 1.165) is 18.7 Å². The van der Waals surface area contributed by atoms with Crippen molar-refractivity contribution in [3.63, 3.8) is 0 Å². The number of carbonyl (C=O) groups excluding carboxylic acids is 1. The monoisotopic (exact) mass is 207 g/mol. The lowest BCUT2D eigenvalue weighted by molar-refractivity contribution is -0.122. The summed E-state index contributed by atoms with van der Waals surface area (Å²) < 4.78 is 0. The average Bonchev–Trinajstić information content (AvgIpc) is 2.75. The Hall–Kier alpha value is -1.90. The SMILES string of the molecule is CC(C#N)C(=O)NCCCc1ncn[nH]1. The number of hydrogen-bond donors (Lipinski definition) is 2. The molecule has 0 aliphatic heterocycles. The molecule has 15 heavy (non-hydrogen) atoms. The van der Waals surface area contributed by atoms with Crippen LogP contribution in [0.2, 0.25) is 0 Å². The summed E-state index contributed by atoms with van der Waals surface area (Å²) in [6.45, 7) is 2.12. The van der Waals surface area contributed by atoms with E-state index in [-0.39, 0.29) is 5.91 Å². The third-order valence-corrected chi connectivity index (χ3v) is 1.94. The van der Waals surface area contributed by atoms with E-state index in [1.807, 2.05) is 6.07 Å². The molecule has 0 saturated carbocycles. The van der Waals surface area contributed by atoms with Crippen molar-refractivity contribution in [3.8, 4) is 6.07 Å². The average molecular weight is 207 g/mol. The summed E-state index contributed by atoms with van der Waals surface area (Å²) in [5.74, 6) is -0.0112. The molecule has 1 amide bonds. The summed E-state index contributed by atoms with van der Waals surface area (Å²) in [5.41, 5.74) is 0. The van der Waals surface area contributed by atoms with E-state index in [0.29, 0.717) is 6.54 Å². The minimum atomic E-state index is -0.588. The van der Waals surface area contributed by atoms with Crippen LogP contribution in [0.4, 0.5) is 0 Å². The summed E-state index contributed by atoms with van der Waals surface area (Å²) in [6, 6.07) is 1.88. The van der Waals surface area contributed by atoms with Crippen LogP contribution in [0.3, 0.4) is 0 Å². The van der Waals surface area contributed by atoms with Crippen molar-refractivity contribution >= 4 is 5.91 Å². The van der Waals surface area contributed by atoms with Gasteiger partial charge in [-0.3, -0.25) is 9.89 Å². The number of aromatic amines is 1. The van der Waals surface area contributed by atoms with Crippen LogP contribution >= 0.6 is 0 Å². The van der Waals surface area contributed by atoms with Crippen molar-refractivity contribution in [2.45, 2.75) is 19.8 Å². The Bertz CT molecular complexity index is 340. The van der Waals surface area contributed by atoms with Crippen molar-refractivity contribution in [1.29, 1.82) is 5.26 Å². The lowest BCUT2D eigenvalue weighted by atomic mass is 10.2. The fraction of sp³-hybridized carbons (Fsp3) is 0.556. The Morgan fingerprint density at radius 1 is 1.80 bits per heavy atom. The predicted octanol–water partition coefficient (Wildman–Crippen LogP) is 0.0132. The highest BCUT2D eigenvalue weighted by molar-refractivity contribution is 5.80. The van der Waals surface area contributed by atoms with Crippen LogP contribution in [0.5, 0.6) is 0 Å². The molecule has 2 N–H and O–H groups in total. The second-order valence-electron chi connectivity index (χ2n) is 3.18. The molecule has 0 radical (unpaired) electrons. The molecule has 0 aliphatic carbocycles. The molecular weight excluding hydrogens is 194 g/mol. The van der Waals surface area contributed by atoms with E-state index in [4.69, 9.17) is 5.26 Å². The number of H-pyrrole nitrogens is 1. The topological polar surface area (TPSA) is 94.5 Å². The highest BCUT2D eigenvalue weighted by Crippen LogP contribution is 1.94. The molecular formula is C9H13N5O. The van der Waals surface area contributed by atoms with Gasteiger partial charge in [0.05, 0.1) is 6.07 Å². The van der Waals surface area contributed by atoms with E-state index in [2.05, 4.69) is 20.5 Å². The van der Waals surface area contributed by atoms with Crippen LogP contribution in [-0.2, 0) is 11.2 Å². The maximum Gasteiger partial charge on any atom is 0.237 e. The molecule has 0 saturated heterocycles. The molecule has 1 heterocycles. The molecule has 0 aromatic carbocycles. The highest BCUT2D eigenvalue weighted by atomic mass is 16.1. The van der Waals surface area contributed by atoms with Gasteiger partial charge in [0.15, 0.2) is 0 Å². The number of aromatic nitrogens is 3. The van der Waals surface area contributed by atoms with Crippen molar-refractivity contribution < 1.29 is 4.79 Å². The Kier molecular flexibility index (Phi) is 4.29. The number of carbonyl (C=O) groups is 1. The molecule has 80 valence electrons. The van der Waals surface area contributed by atoms with E-state index >= 15 is 0 Å². The van der Waals surface area contributed by atoms with Crippen molar-refractivity contribution in [3.05, 3.63) is 12.2 Å². The van der Waals surface area contributed by atoms with Crippen LogP contribution in [0, 0.1) is 17.2 Å². The molecule has 6 heteroatoms. The van der Waals surface area contributed by atoms with Crippen LogP contribution in [0.1, 0.15) is 19.2 Å². The van der Waals surface area contributed by atoms with Crippen LogP contribution < -0.4 is 5.32 Å². The molecule has 0 aliphatic rings. The summed E-state index contributed by atoms with van der Waals surface area (Å²) in [6.07, 6.45) is 2.96. The quantitative estimate of drug-likeness (QED) is 0.665. The zero-order valence-corrected chi connectivity index (χ0v) is 8.53. The van der Waals surface area contributed by atoms with E-state index in [9.17, 15) is 4.79 Å². The molecule has 0 fully saturated rings. The van der Waals surface area contributed by atoms with E-state index in [1.165, 1.54) is 6.33 Å². The van der Waals surface area contributed by atoms with Gasteiger partial charge in [0.2, 0.25) is 5.91 Å². The zero-order valence-electron chi connectivity index (χ0n) is 8.53. The summed E-state index contributed by atoms with van der Waals surface area (Å²) in [5, 5.41) is 17.6. The first kappa shape index (κ1) is 11.2. The van der Waals surface area contributed by atoms with Gasteiger partial charge in [-0.15, -0.1) is 0 Å². The molecule has 1 atom stereocenters. The maximum absolute atomic E-state index is 11.2. The number of rotatable bonds is 5. The maximum atomic E-state index is 11.2. The lowest BCUT2D eigenvalue weighted by Gasteiger charge is -2.04. The number of hydrogen-bond acceptors (Lipinski definition) is 4. The van der Waals surface area contributed by atoms with Crippen molar-refractivity contribution in [2.24, 2.45) is 5.92 Å². The fourth-order valence-corrected chi connectivity index (χ4v) is 1.03. The molecule has 1 aromatic rings. The van der Waals surface area contributed by atoms with Crippen molar-refractivity contribution in [1.82, 2.24) is 20.5 Å². The number of nitriles is 1. The van der Waals surface area contributed by atoms with Gasteiger partial charge in [-0.1, -0.05) is 0 Å². The Labute approximate surface area is 87.7 Å². The predicted molar refractivity (Wildman–Crippen MR) is 52.5 cm³/mol. The van der Waals surface area contributed by atoms with Gasteiger partial charge in [0, 0.05) is 13.0 Å². The minimum absolute atomic E-state index is 0.227. The van der Waals surface area contributed by atoms with Gasteiger partial charge < -0.3 is 5.32 Å². The Morgan fingerprint density at radius 3 is 3.20 bits per heavy atom. The van der Waals surface area contributed by atoms with Gasteiger partial charge in [0.1, 0.15) is 18.1 Å². The summed E-state index contributed by atoms with van der Waals surface area (Å²) in [7, 11) is 0. The number of amides is 1. The standard InChI is InChI=1S/C9H13N5O/c1-7(5-10)9(15)11-4-2-3-8-12-6-13-14-8/h6-7H,2-4H2,1H3,(H,11,15)(H,12,13,14). The normalized spacial score (nSPS) is 11.7. The second kappa shape index (κ2) is 5.75. The van der Waals surface area contributed by atoms with Gasteiger partial charge in [-0.2, -0.15) is 10.4 Å². The molecule has 1 rings (SSSR count). The van der Waals surface area contributed by atoms with Crippen LogP contribution in [0.25, 0.3) is 0 Å². The van der Waals surface area contributed by atoms with E-state index in [1.54, 1.807) is 6.92 Å². The Balaban J connectivity index is 2.12. The minimum Gasteiger partial charge on any atom is -0.355 e. The van der Waals surface area contributed by atoms with Gasteiger partial charge in [-0.25, -0.2) is 4.98 Å². The molecule has 6 nitrogen and oxygen atoms in total. The number of nitrogens with zero attached hydrogens (tertiary/aromatic N) is 3. The third kappa shape index (κ3) is 3.77. The van der Waals surface area contributed by atoms with E-state index < -0.39 is 5.92 Å². The highest BCUT2D eigenvalue weighted by Gasteiger charge is 2.09. The van der Waals surface area contributed by atoms with Gasteiger partial charge in [0.25, 0.3) is 0 Å². The largest absolute Gasteiger partial charge is 0.355 e. The molecule has 1 unspecified atom stereocenters. The lowest BCUT2D eigenvalue weighted by Crippen LogP contribution is -2.29. The number of aryl methyl sites for hydroxylation is 1. The van der Waals surface area contributed by atoms with Gasteiger partial charge >= 0.3 is 0 Å². The molecule has 0 spiro atoms. The van der Waals surface area contributed by atoms with Crippen LogP contribution in [0.15, 0.2) is 6.33 Å². The summed E-state index contributed by atoms with van der Waals surface area (Å²) in [4.78, 5) is 15.1.